The Bertz CT molecular complexity index is 291. The Morgan fingerprint density at radius 2 is 2.00 bits per heavy atom. The summed E-state index contributed by atoms with van der Waals surface area (Å²) in [6.45, 7) is 9.94. The number of likely N-dealkylation sites (N-methyl/N-ethyl adjacent to an activating group) is 1. The van der Waals surface area contributed by atoms with Gasteiger partial charge in [-0.3, -0.25) is 0 Å². The topological polar surface area (TPSA) is 12.0 Å². The molecule has 0 amide bonds. The predicted molar refractivity (Wildman–Crippen MR) is 67.2 cm³/mol. The first-order valence-electron chi connectivity index (χ1n) is 5.92. The third kappa shape index (κ3) is 4.05. The van der Waals surface area contributed by atoms with Gasteiger partial charge >= 0.3 is 0 Å². The minimum atomic E-state index is 0.594. The van der Waals surface area contributed by atoms with E-state index in [4.69, 9.17) is 0 Å². The molecular formula is C14H23N. The largest absolute Gasteiger partial charge is 0.314 e. The summed E-state index contributed by atoms with van der Waals surface area (Å²) in [4.78, 5) is 0. The van der Waals surface area contributed by atoms with Crippen LogP contribution in [0.25, 0.3) is 0 Å². The molecule has 0 heterocycles. The molecule has 1 N–H and O–H groups in total. The maximum absolute atomic E-state index is 3.55. The molecule has 1 atom stereocenters. The summed E-state index contributed by atoms with van der Waals surface area (Å²) in [5, 5.41) is 3.55. The number of rotatable bonds is 5. The van der Waals surface area contributed by atoms with Gasteiger partial charge in [0.2, 0.25) is 0 Å². The average Bonchev–Trinajstić information content (AvgIpc) is 2.17. The third-order valence-corrected chi connectivity index (χ3v) is 2.81. The second kappa shape index (κ2) is 5.92. The molecule has 0 aliphatic rings. The van der Waals surface area contributed by atoms with Gasteiger partial charge in [-0.25, -0.2) is 0 Å². The molecule has 0 bridgehead atoms. The van der Waals surface area contributed by atoms with Gasteiger partial charge in [0.05, 0.1) is 0 Å². The van der Waals surface area contributed by atoms with Gasteiger partial charge in [-0.1, -0.05) is 50.6 Å². The number of hydrogen-bond donors (Lipinski definition) is 1. The molecule has 0 fully saturated rings. The fourth-order valence-corrected chi connectivity index (χ4v) is 1.90. The monoisotopic (exact) mass is 205 g/mol. The molecule has 1 nitrogen and oxygen atoms in total. The molecule has 0 spiro atoms. The molecule has 15 heavy (non-hydrogen) atoms. The zero-order valence-electron chi connectivity index (χ0n) is 10.4. The van der Waals surface area contributed by atoms with Crippen LogP contribution in [0.2, 0.25) is 0 Å². The van der Waals surface area contributed by atoms with Crippen molar-refractivity contribution in [1.82, 2.24) is 5.32 Å². The normalized spacial score (nSPS) is 13.1. The summed E-state index contributed by atoms with van der Waals surface area (Å²) in [7, 11) is 0. The van der Waals surface area contributed by atoms with Crippen LogP contribution >= 0.6 is 0 Å². The highest BCUT2D eigenvalue weighted by Gasteiger charge is 2.12. The summed E-state index contributed by atoms with van der Waals surface area (Å²) in [6.07, 6.45) is 1.13. The van der Waals surface area contributed by atoms with E-state index in [2.05, 4.69) is 57.3 Å². The van der Waals surface area contributed by atoms with Gasteiger partial charge in [-0.15, -0.1) is 0 Å². The Morgan fingerprint density at radius 1 is 1.27 bits per heavy atom. The van der Waals surface area contributed by atoms with Crippen LogP contribution in [-0.4, -0.2) is 12.6 Å². The van der Waals surface area contributed by atoms with E-state index < -0.39 is 0 Å². The number of aryl methyl sites for hydroxylation is 1. The third-order valence-electron chi connectivity index (χ3n) is 2.81. The standard InChI is InChI=1S/C14H23N/c1-5-15-14(11(2)3)10-13-8-6-7-12(4)9-13/h6-9,11,14-15H,5,10H2,1-4H3. The van der Waals surface area contributed by atoms with Crippen molar-refractivity contribution in [1.29, 1.82) is 0 Å². The maximum Gasteiger partial charge on any atom is 0.0130 e. The Hall–Kier alpha value is -0.820. The number of hydrogen-bond acceptors (Lipinski definition) is 1. The zero-order valence-corrected chi connectivity index (χ0v) is 10.4. The molecule has 0 saturated heterocycles. The summed E-state index contributed by atoms with van der Waals surface area (Å²) >= 11 is 0. The van der Waals surface area contributed by atoms with Gasteiger partial charge in [0.1, 0.15) is 0 Å². The Balaban J connectivity index is 2.65. The van der Waals surface area contributed by atoms with E-state index in [9.17, 15) is 0 Å². The van der Waals surface area contributed by atoms with E-state index in [1.807, 2.05) is 0 Å². The smallest absolute Gasteiger partial charge is 0.0130 e. The van der Waals surface area contributed by atoms with Crippen LogP contribution < -0.4 is 5.32 Å². The number of nitrogens with one attached hydrogen (secondary N) is 1. The molecule has 1 aromatic carbocycles. The van der Waals surface area contributed by atoms with Crippen molar-refractivity contribution >= 4 is 0 Å². The first-order chi connectivity index (χ1) is 7.13. The van der Waals surface area contributed by atoms with Crippen LogP contribution in [0.3, 0.4) is 0 Å². The van der Waals surface area contributed by atoms with Crippen LogP contribution in [0.1, 0.15) is 31.9 Å². The summed E-state index contributed by atoms with van der Waals surface area (Å²) in [5.74, 6) is 0.686. The van der Waals surface area contributed by atoms with Gasteiger partial charge in [-0.2, -0.15) is 0 Å². The quantitative estimate of drug-likeness (QED) is 0.778. The summed E-state index contributed by atoms with van der Waals surface area (Å²) in [6, 6.07) is 9.40. The fourth-order valence-electron chi connectivity index (χ4n) is 1.90. The van der Waals surface area contributed by atoms with Crippen molar-refractivity contribution in [2.75, 3.05) is 6.54 Å². The molecule has 1 unspecified atom stereocenters. The molecule has 84 valence electrons. The lowest BCUT2D eigenvalue weighted by atomic mass is 9.95. The Kier molecular flexibility index (Phi) is 4.83. The summed E-state index contributed by atoms with van der Waals surface area (Å²) in [5.41, 5.74) is 2.79. The molecule has 1 rings (SSSR count). The van der Waals surface area contributed by atoms with Gasteiger partial charge in [0, 0.05) is 6.04 Å². The highest BCUT2D eigenvalue weighted by Crippen LogP contribution is 2.11. The Labute approximate surface area is 93.9 Å². The molecule has 0 saturated carbocycles. The van der Waals surface area contributed by atoms with Crippen LogP contribution in [0.4, 0.5) is 0 Å². The molecule has 0 radical (unpaired) electrons. The second-order valence-corrected chi connectivity index (χ2v) is 4.60. The van der Waals surface area contributed by atoms with E-state index in [-0.39, 0.29) is 0 Å². The van der Waals surface area contributed by atoms with E-state index in [0.717, 1.165) is 13.0 Å². The first kappa shape index (κ1) is 12.3. The lowest BCUT2D eigenvalue weighted by Gasteiger charge is -2.22. The van der Waals surface area contributed by atoms with E-state index in [0.29, 0.717) is 12.0 Å². The molecule has 0 aromatic heterocycles. The van der Waals surface area contributed by atoms with Crippen molar-refractivity contribution in [3.05, 3.63) is 35.4 Å². The number of benzene rings is 1. The fraction of sp³-hybridized carbons (Fsp3) is 0.571. The summed E-state index contributed by atoms with van der Waals surface area (Å²) < 4.78 is 0. The van der Waals surface area contributed by atoms with Gasteiger partial charge in [0.25, 0.3) is 0 Å². The van der Waals surface area contributed by atoms with Crippen LogP contribution in [0, 0.1) is 12.8 Å². The van der Waals surface area contributed by atoms with Crippen molar-refractivity contribution < 1.29 is 0 Å². The SMILES string of the molecule is CCNC(Cc1cccc(C)c1)C(C)C. The lowest BCUT2D eigenvalue weighted by Crippen LogP contribution is -2.35. The first-order valence-corrected chi connectivity index (χ1v) is 5.92. The van der Waals surface area contributed by atoms with Gasteiger partial charge in [0.15, 0.2) is 0 Å². The van der Waals surface area contributed by atoms with Crippen molar-refractivity contribution in [2.45, 2.75) is 40.2 Å². The highest BCUT2D eigenvalue weighted by atomic mass is 14.9. The van der Waals surface area contributed by atoms with E-state index in [1.165, 1.54) is 11.1 Å². The van der Waals surface area contributed by atoms with Crippen LogP contribution in [0.5, 0.6) is 0 Å². The van der Waals surface area contributed by atoms with Crippen molar-refractivity contribution in [2.24, 2.45) is 5.92 Å². The predicted octanol–water partition coefficient (Wildman–Crippen LogP) is 3.17. The van der Waals surface area contributed by atoms with Gasteiger partial charge in [-0.05, 0) is 31.4 Å². The van der Waals surface area contributed by atoms with E-state index >= 15 is 0 Å². The average molecular weight is 205 g/mol. The zero-order chi connectivity index (χ0) is 11.3. The maximum atomic E-state index is 3.55. The highest BCUT2D eigenvalue weighted by molar-refractivity contribution is 5.23. The lowest BCUT2D eigenvalue weighted by molar-refractivity contribution is 0.405. The molecule has 1 heteroatoms. The van der Waals surface area contributed by atoms with Crippen molar-refractivity contribution in [3.63, 3.8) is 0 Å². The molecular weight excluding hydrogens is 182 g/mol. The van der Waals surface area contributed by atoms with Crippen molar-refractivity contribution in [3.8, 4) is 0 Å². The minimum absolute atomic E-state index is 0.594. The van der Waals surface area contributed by atoms with Gasteiger partial charge < -0.3 is 5.32 Å². The minimum Gasteiger partial charge on any atom is -0.314 e. The van der Waals surface area contributed by atoms with Crippen LogP contribution in [0.15, 0.2) is 24.3 Å². The molecule has 0 aliphatic heterocycles. The van der Waals surface area contributed by atoms with Crippen LogP contribution in [-0.2, 0) is 6.42 Å². The Morgan fingerprint density at radius 3 is 2.53 bits per heavy atom. The van der Waals surface area contributed by atoms with E-state index in [1.54, 1.807) is 0 Å². The molecule has 0 aliphatic carbocycles. The second-order valence-electron chi connectivity index (χ2n) is 4.60. The molecule has 1 aromatic rings.